The zero-order valence-corrected chi connectivity index (χ0v) is 13.8. The number of nitrogens with two attached hydrogens (primary N) is 1. The molecule has 1 aliphatic carbocycles. The van der Waals surface area contributed by atoms with Crippen LogP contribution in [0.1, 0.15) is 24.4 Å². The van der Waals surface area contributed by atoms with Gasteiger partial charge in [0.2, 0.25) is 0 Å². The van der Waals surface area contributed by atoms with Crippen molar-refractivity contribution in [3.8, 4) is 0 Å². The first-order valence-corrected chi connectivity index (χ1v) is 8.55. The van der Waals surface area contributed by atoms with E-state index < -0.39 is 0 Å². The minimum absolute atomic E-state index is 0.166. The van der Waals surface area contributed by atoms with Crippen LogP contribution in [-0.2, 0) is 0 Å². The van der Waals surface area contributed by atoms with Gasteiger partial charge in [0.15, 0.2) is 0 Å². The fourth-order valence-electron chi connectivity index (χ4n) is 3.17. The van der Waals surface area contributed by atoms with Crippen LogP contribution >= 0.6 is 23.2 Å². The lowest BCUT2D eigenvalue weighted by atomic mass is 10.0. The molecule has 0 aromatic heterocycles. The molecule has 2 N–H and O–H groups in total. The summed E-state index contributed by atoms with van der Waals surface area (Å²) in [5.41, 5.74) is 7.08. The van der Waals surface area contributed by atoms with Gasteiger partial charge in [-0.1, -0.05) is 35.3 Å². The van der Waals surface area contributed by atoms with E-state index >= 15 is 0 Å². The summed E-state index contributed by atoms with van der Waals surface area (Å²) in [6.45, 7) is 6.22. The van der Waals surface area contributed by atoms with Gasteiger partial charge in [-0.25, -0.2) is 0 Å². The molecule has 1 unspecified atom stereocenters. The van der Waals surface area contributed by atoms with Crippen LogP contribution in [0.3, 0.4) is 0 Å². The first-order valence-electron chi connectivity index (χ1n) is 7.79. The van der Waals surface area contributed by atoms with Gasteiger partial charge in [0.05, 0.1) is 10.0 Å². The molecule has 5 heteroatoms. The fraction of sp³-hybridized carbons (Fsp3) is 0.625. The smallest absolute Gasteiger partial charge is 0.0640 e. The number of hydrogen-bond donors (Lipinski definition) is 1. The van der Waals surface area contributed by atoms with Gasteiger partial charge in [-0.2, -0.15) is 0 Å². The Morgan fingerprint density at radius 2 is 1.86 bits per heavy atom. The standard InChI is InChI=1S/C16H23Cl2N3/c17-14-3-1-2-13(16(14)18)15(10-19)21-8-6-20(7-9-21)11-12-4-5-12/h1-3,12,15H,4-11,19H2. The average molecular weight is 328 g/mol. The summed E-state index contributed by atoms with van der Waals surface area (Å²) in [4.78, 5) is 5.03. The molecular formula is C16H23Cl2N3. The summed E-state index contributed by atoms with van der Waals surface area (Å²) in [5.74, 6) is 0.962. The van der Waals surface area contributed by atoms with Crippen LogP contribution < -0.4 is 5.73 Å². The molecule has 1 aromatic rings. The molecular weight excluding hydrogens is 305 g/mol. The summed E-state index contributed by atoms with van der Waals surface area (Å²) in [7, 11) is 0. The van der Waals surface area contributed by atoms with Gasteiger partial charge in [0.25, 0.3) is 0 Å². The quantitative estimate of drug-likeness (QED) is 0.902. The maximum absolute atomic E-state index is 6.37. The van der Waals surface area contributed by atoms with Crippen molar-refractivity contribution in [2.75, 3.05) is 39.3 Å². The fourth-order valence-corrected chi connectivity index (χ4v) is 3.61. The Morgan fingerprint density at radius 3 is 2.48 bits per heavy atom. The highest BCUT2D eigenvalue weighted by atomic mass is 35.5. The Morgan fingerprint density at radius 1 is 1.14 bits per heavy atom. The molecule has 0 radical (unpaired) electrons. The van der Waals surface area contributed by atoms with E-state index in [1.807, 2.05) is 18.2 Å². The highest BCUT2D eigenvalue weighted by Crippen LogP contribution is 2.33. The lowest BCUT2D eigenvalue weighted by molar-refractivity contribution is 0.0956. The monoisotopic (exact) mass is 327 g/mol. The van der Waals surface area contributed by atoms with Gasteiger partial charge >= 0.3 is 0 Å². The number of benzene rings is 1. The van der Waals surface area contributed by atoms with E-state index in [9.17, 15) is 0 Å². The van der Waals surface area contributed by atoms with Gasteiger partial charge in [-0.15, -0.1) is 0 Å². The molecule has 2 fully saturated rings. The van der Waals surface area contributed by atoms with Crippen LogP contribution in [0.2, 0.25) is 10.0 Å². The van der Waals surface area contributed by atoms with E-state index in [1.54, 1.807) is 0 Å². The Bertz CT molecular complexity index is 482. The number of rotatable bonds is 5. The molecule has 1 aliphatic heterocycles. The van der Waals surface area contributed by atoms with E-state index in [1.165, 1.54) is 19.4 Å². The summed E-state index contributed by atoms with van der Waals surface area (Å²) in [6.07, 6.45) is 2.84. The third-order valence-corrected chi connectivity index (χ3v) is 5.46. The normalized spacial score (nSPS) is 22.4. The van der Waals surface area contributed by atoms with E-state index in [2.05, 4.69) is 9.80 Å². The van der Waals surface area contributed by atoms with Crippen molar-refractivity contribution in [2.24, 2.45) is 11.7 Å². The zero-order chi connectivity index (χ0) is 14.8. The maximum Gasteiger partial charge on any atom is 0.0640 e. The maximum atomic E-state index is 6.37. The zero-order valence-electron chi connectivity index (χ0n) is 12.3. The van der Waals surface area contributed by atoms with Crippen LogP contribution in [0.5, 0.6) is 0 Å². The second kappa shape index (κ2) is 6.84. The molecule has 3 nitrogen and oxygen atoms in total. The summed E-state index contributed by atoms with van der Waals surface area (Å²) in [5, 5.41) is 1.26. The lowest BCUT2D eigenvalue weighted by Crippen LogP contribution is -2.49. The third kappa shape index (κ3) is 3.72. The molecule has 0 spiro atoms. The predicted octanol–water partition coefficient (Wildman–Crippen LogP) is 3.02. The first kappa shape index (κ1) is 15.6. The van der Waals surface area contributed by atoms with Gasteiger partial charge in [0, 0.05) is 45.3 Å². The van der Waals surface area contributed by atoms with Gasteiger partial charge in [0.1, 0.15) is 0 Å². The van der Waals surface area contributed by atoms with Gasteiger partial charge < -0.3 is 10.6 Å². The first-order chi connectivity index (χ1) is 10.2. The van der Waals surface area contributed by atoms with Crippen molar-refractivity contribution < 1.29 is 0 Å². The molecule has 1 saturated heterocycles. The van der Waals surface area contributed by atoms with Crippen LogP contribution in [0, 0.1) is 5.92 Å². The minimum atomic E-state index is 0.166. The van der Waals surface area contributed by atoms with E-state index in [4.69, 9.17) is 28.9 Å². The van der Waals surface area contributed by atoms with Crippen molar-refractivity contribution in [1.29, 1.82) is 0 Å². The van der Waals surface area contributed by atoms with Crippen molar-refractivity contribution in [1.82, 2.24) is 9.80 Å². The number of hydrogen-bond acceptors (Lipinski definition) is 3. The van der Waals surface area contributed by atoms with E-state index in [0.717, 1.165) is 37.7 Å². The SMILES string of the molecule is NCC(c1cccc(Cl)c1Cl)N1CCN(CC2CC2)CC1. The minimum Gasteiger partial charge on any atom is -0.329 e. The van der Waals surface area contributed by atoms with Crippen molar-refractivity contribution in [3.63, 3.8) is 0 Å². The number of halogens is 2. The Hall–Kier alpha value is -0.320. The van der Waals surface area contributed by atoms with E-state index in [-0.39, 0.29) is 6.04 Å². The van der Waals surface area contributed by atoms with Crippen molar-refractivity contribution in [2.45, 2.75) is 18.9 Å². The predicted molar refractivity (Wildman–Crippen MR) is 89.0 cm³/mol. The highest BCUT2D eigenvalue weighted by molar-refractivity contribution is 6.42. The summed E-state index contributed by atoms with van der Waals surface area (Å²) < 4.78 is 0. The van der Waals surface area contributed by atoms with Crippen LogP contribution in [0.4, 0.5) is 0 Å². The second-order valence-electron chi connectivity index (χ2n) is 6.17. The van der Waals surface area contributed by atoms with Gasteiger partial charge in [-0.3, -0.25) is 4.90 Å². The summed E-state index contributed by atoms with van der Waals surface area (Å²) >= 11 is 12.5. The number of piperazine rings is 1. The third-order valence-electron chi connectivity index (χ3n) is 4.62. The lowest BCUT2D eigenvalue weighted by Gasteiger charge is -2.39. The average Bonchev–Trinajstić information content (AvgIpc) is 3.30. The van der Waals surface area contributed by atoms with E-state index in [0.29, 0.717) is 16.6 Å². The largest absolute Gasteiger partial charge is 0.329 e. The van der Waals surface area contributed by atoms with Crippen LogP contribution in [-0.4, -0.2) is 49.1 Å². The van der Waals surface area contributed by atoms with Crippen molar-refractivity contribution in [3.05, 3.63) is 33.8 Å². The molecule has 0 bridgehead atoms. The number of nitrogens with zero attached hydrogens (tertiary/aromatic N) is 2. The molecule has 116 valence electrons. The van der Waals surface area contributed by atoms with Crippen LogP contribution in [0.25, 0.3) is 0 Å². The Kier molecular flexibility index (Phi) is 5.07. The van der Waals surface area contributed by atoms with Crippen molar-refractivity contribution >= 4 is 23.2 Å². The molecule has 1 aromatic carbocycles. The Labute approximate surface area is 137 Å². The molecule has 1 saturated carbocycles. The topological polar surface area (TPSA) is 32.5 Å². The highest BCUT2D eigenvalue weighted by Gasteiger charge is 2.29. The molecule has 1 atom stereocenters. The van der Waals surface area contributed by atoms with Crippen LogP contribution in [0.15, 0.2) is 18.2 Å². The molecule has 1 heterocycles. The molecule has 0 amide bonds. The second-order valence-corrected chi connectivity index (χ2v) is 6.96. The van der Waals surface area contributed by atoms with Gasteiger partial charge in [-0.05, 0) is 30.4 Å². The molecule has 21 heavy (non-hydrogen) atoms. The summed E-state index contributed by atoms with van der Waals surface area (Å²) in [6, 6.07) is 5.99. The molecule has 2 aliphatic rings. The Balaban J connectivity index is 1.65. The molecule has 3 rings (SSSR count).